The van der Waals surface area contributed by atoms with Crippen LogP contribution in [0.5, 0.6) is 0 Å². The molecule has 1 rings (SSSR count). The molecule has 1 aromatic carbocycles. The lowest BCUT2D eigenvalue weighted by molar-refractivity contribution is -0.124. The monoisotopic (exact) mass is 296 g/mol. The van der Waals surface area contributed by atoms with E-state index in [-0.39, 0.29) is 23.8 Å². The molecule has 0 aliphatic carbocycles. The maximum atomic E-state index is 12.1. The van der Waals surface area contributed by atoms with Gasteiger partial charge in [-0.25, -0.2) is 0 Å². The molecule has 1 aromatic rings. The maximum Gasteiger partial charge on any atom is 0.251 e. The molecule has 110 valence electrons. The van der Waals surface area contributed by atoms with Gasteiger partial charge in [-0.2, -0.15) is 0 Å². The second-order valence-corrected chi connectivity index (χ2v) is 5.80. The van der Waals surface area contributed by atoms with E-state index >= 15 is 0 Å². The molecule has 1 atom stereocenters. The minimum Gasteiger partial charge on any atom is -0.352 e. The fourth-order valence-corrected chi connectivity index (χ4v) is 1.86. The first-order valence-electron chi connectivity index (χ1n) is 6.68. The quantitative estimate of drug-likeness (QED) is 0.877. The zero-order valence-corrected chi connectivity index (χ0v) is 13.0. The Morgan fingerprint density at radius 1 is 1.00 bits per heavy atom. The van der Waals surface area contributed by atoms with E-state index in [0.717, 1.165) is 0 Å². The van der Waals surface area contributed by atoms with Crippen molar-refractivity contribution >= 4 is 23.4 Å². The number of halogens is 1. The number of benzene rings is 1. The molecule has 0 heterocycles. The number of nitrogens with one attached hydrogen (secondary N) is 2. The summed E-state index contributed by atoms with van der Waals surface area (Å²) in [5.74, 6) is -0.443. The van der Waals surface area contributed by atoms with Gasteiger partial charge in [0, 0.05) is 16.6 Å². The maximum absolute atomic E-state index is 12.1. The molecular formula is C15H21ClN2O2. The van der Waals surface area contributed by atoms with Crippen LogP contribution < -0.4 is 10.6 Å². The lowest BCUT2D eigenvalue weighted by atomic mass is 10.0. The smallest absolute Gasteiger partial charge is 0.251 e. The Morgan fingerprint density at radius 2 is 1.55 bits per heavy atom. The van der Waals surface area contributed by atoms with Crippen molar-refractivity contribution < 1.29 is 9.59 Å². The predicted molar refractivity (Wildman–Crippen MR) is 80.8 cm³/mol. The van der Waals surface area contributed by atoms with Crippen molar-refractivity contribution in [2.45, 2.75) is 39.8 Å². The minimum absolute atomic E-state index is 0.00463. The molecule has 20 heavy (non-hydrogen) atoms. The number of hydrogen-bond donors (Lipinski definition) is 2. The van der Waals surface area contributed by atoms with Gasteiger partial charge in [0.2, 0.25) is 5.91 Å². The molecule has 0 aromatic heterocycles. The number of carbonyl (C=O) groups is 2. The summed E-state index contributed by atoms with van der Waals surface area (Å²) in [6.45, 7) is 7.56. The van der Waals surface area contributed by atoms with Crippen LogP contribution in [-0.2, 0) is 4.79 Å². The summed E-state index contributed by atoms with van der Waals surface area (Å²) < 4.78 is 0. The van der Waals surface area contributed by atoms with Crippen LogP contribution >= 0.6 is 11.6 Å². The third-order valence-electron chi connectivity index (χ3n) is 2.77. The predicted octanol–water partition coefficient (Wildman–Crippen LogP) is 2.62. The molecular weight excluding hydrogens is 276 g/mol. The van der Waals surface area contributed by atoms with E-state index in [0.29, 0.717) is 10.6 Å². The highest BCUT2D eigenvalue weighted by atomic mass is 35.5. The fraction of sp³-hybridized carbons (Fsp3) is 0.467. The van der Waals surface area contributed by atoms with Gasteiger partial charge in [0.15, 0.2) is 0 Å². The summed E-state index contributed by atoms with van der Waals surface area (Å²) in [5.41, 5.74) is 0.484. The van der Waals surface area contributed by atoms with Crippen LogP contribution in [-0.4, -0.2) is 23.9 Å². The van der Waals surface area contributed by atoms with Crippen LogP contribution in [0.2, 0.25) is 5.02 Å². The van der Waals surface area contributed by atoms with Crippen molar-refractivity contribution in [2.75, 3.05) is 0 Å². The summed E-state index contributed by atoms with van der Waals surface area (Å²) in [6.07, 6.45) is 0. The van der Waals surface area contributed by atoms with Crippen molar-refractivity contribution in [2.24, 2.45) is 5.92 Å². The van der Waals surface area contributed by atoms with E-state index in [1.807, 2.05) is 27.7 Å². The Hall–Kier alpha value is -1.55. The second-order valence-electron chi connectivity index (χ2n) is 5.37. The highest BCUT2D eigenvalue weighted by Crippen LogP contribution is 2.10. The topological polar surface area (TPSA) is 58.2 Å². The van der Waals surface area contributed by atoms with Gasteiger partial charge in [-0.1, -0.05) is 25.4 Å². The summed E-state index contributed by atoms with van der Waals surface area (Å²) >= 11 is 5.78. The van der Waals surface area contributed by atoms with Gasteiger partial charge in [-0.15, -0.1) is 0 Å². The summed E-state index contributed by atoms with van der Waals surface area (Å²) in [4.78, 5) is 24.2. The molecule has 0 fully saturated rings. The molecule has 0 saturated heterocycles. The van der Waals surface area contributed by atoms with Gasteiger partial charge in [0.25, 0.3) is 5.91 Å². The van der Waals surface area contributed by atoms with Crippen molar-refractivity contribution in [3.63, 3.8) is 0 Å². The number of hydrogen-bond acceptors (Lipinski definition) is 2. The Labute approximate surface area is 124 Å². The average molecular weight is 297 g/mol. The largest absolute Gasteiger partial charge is 0.352 e. The Bertz CT molecular complexity index is 469. The molecule has 0 spiro atoms. The zero-order chi connectivity index (χ0) is 15.3. The van der Waals surface area contributed by atoms with Crippen molar-refractivity contribution in [1.29, 1.82) is 0 Å². The highest BCUT2D eigenvalue weighted by Gasteiger charge is 2.24. The van der Waals surface area contributed by atoms with Gasteiger partial charge >= 0.3 is 0 Å². The summed E-state index contributed by atoms with van der Waals surface area (Å²) in [7, 11) is 0. The molecule has 0 aliphatic rings. The zero-order valence-electron chi connectivity index (χ0n) is 12.2. The van der Waals surface area contributed by atoms with Gasteiger partial charge in [-0.3, -0.25) is 9.59 Å². The van der Waals surface area contributed by atoms with E-state index in [4.69, 9.17) is 11.6 Å². The first-order valence-corrected chi connectivity index (χ1v) is 7.06. The van der Waals surface area contributed by atoms with Gasteiger partial charge in [-0.05, 0) is 44.0 Å². The molecule has 4 nitrogen and oxygen atoms in total. The van der Waals surface area contributed by atoms with E-state index in [9.17, 15) is 9.59 Å². The van der Waals surface area contributed by atoms with Crippen LogP contribution in [0.4, 0.5) is 0 Å². The third kappa shape index (κ3) is 4.85. The minimum atomic E-state index is -0.555. The molecule has 1 unspecified atom stereocenters. The molecule has 0 radical (unpaired) electrons. The van der Waals surface area contributed by atoms with Crippen molar-refractivity contribution in [1.82, 2.24) is 10.6 Å². The van der Waals surface area contributed by atoms with Crippen LogP contribution in [0.15, 0.2) is 24.3 Å². The summed E-state index contributed by atoms with van der Waals surface area (Å²) in [6, 6.07) is 6.05. The first kappa shape index (κ1) is 16.5. The molecule has 5 heteroatoms. The van der Waals surface area contributed by atoms with Gasteiger partial charge < -0.3 is 10.6 Å². The lowest BCUT2D eigenvalue weighted by Gasteiger charge is -2.23. The normalized spacial score (nSPS) is 12.3. The molecule has 0 aliphatic heterocycles. The number of amides is 2. The van der Waals surface area contributed by atoms with E-state index < -0.39 is 6.04 Å². The second kappa shape index (κ2) is 7.29. The molecule has 0 bridgehead atoms. The molecule has 0 saturated carbocycles. The highest BCUT2D eigenvalue weighted by molar-refractivity contribution is 6.30. The lowest BCUT2D eigenvalue weighted by Crippen LogP contribution is -2.51. The Balaban J connectivity index is 2.77. The standard InChI is InChI=1S/C15H21ClN2O2/c1-9(2)13(15(20)17-10(3)4)18-14(19)11-5-7-12(16)8-6-11/h5-10,13H,1-4H3,(H,17,20)(H,18,19). The average Bonchev–Trinajstić information content (AvgIpc) is 2.35. The Kier molecular flexibility index (Phi) is 6.02. The Morgan fingerprint density at radius 3 is 2.00 bits per heavy atom. The SMILES string of the molecule is CC(C)NC(=O)C(NC(=O)c1ccc(Cl)cc1)C(C)C. The third-order valence-corrected chi connectivity index (χ3v) is 3.03. The van der Waals surface area contributed by atoms with E-state index in [1.165, 1.54) is 0 Å². The van der Waals surface area contributed by atoms with Crippen LogP contribution in [0.25, 0.3) is 0 Å². The van der Waals surface area contributed by atoms with E-state index in [2.05, 4.69) is 10.6 Å². The van der Waals surface area contributed by atoms with Crippen molar-refractivity contribution in [3.8, 4) is 0 Å². The van der Waals surface area contributed by atoms with Crippen LogP contribution in [0.3, 0.4) is 0 Å². The fourth-order valence-electron chi connectivity index (χ4n) is 1.74. The van der Waals surface area contributed by atoms with E-state index in [1.54, 1.807) is 24.3 Å². The number of rotatable bonds is 5. The summed E-state index contributed by atoms with van der Waals surface area (Å²) in [5, 5.41) is 6.15. The van der Waals surface area contributed by atoms with Gasteiger partial charge in [0.1, 0.15) is 6.04 Å². The van der Waals surface area contributed by atoms with Crippen LogP contribution in [0, 0.1) is 5.92 Å². The van der Waals surface area contributed by atoms with Gasteiger partial charge in [0.05, 0.1) is 0 Å². The number of carbonyl (C=O) groups excluding carboxylic acids is 2. The molecule has 2 N–H and O–H groups in total. The first-order chi connectivity index (χ1) is 9.31. The van der Waals surface area contributed by atoms with Crippen LogP contribution in [0.1, 0.15) is 38.1 Å². The molecule has 2 amide bonds. The van der Waals surface area contributed by atoms with Crippen molar-refractivity contribution in [3.05, 3.63) is 34.9 Å².